The van der Waals surface area contributed by atoms with E-state index in [1.54, 1.807) is 6.92 Å². The van der Waals surface area contributed by atoms with E-state index in [-0.39, 0.29) is 9.08 Å². The number of hydrogen-bond donors (Lipinski definition) is 2. The Labute approximate surface area is 121 Å². The molecular weight excluding hydrogens is 296 g/mol. The van der Waals surface area contributed by atoms with E-state index in [1.165, 1.54) is 5.56 Å². The molecule has 0 unspecified atom stereocenters. The van der Waals surface area contributed by atoms with Crippen LogP contribution in [0.1, 0.15) is 17.7 Å². The minimum atomic E-state index is -3.59. The Balaban J connectivity index is 1.90. The minimum Gasteiger partial charge on any atom is -0.315 e. The molecule has 1 aromatic carbocycles. The lowest BCUT2D eigenvalue weighted by Crippen LogP contribution is -2.25. The number of aromatic nitrogens is 1. The topological polar surface area (TPSA) is 79.0 Å². The van der Waals surface area contributed by atoms with Crippen molar-refractivity contribution in [1.82, 2.24) is 9.71 Å². The molecule has 5 nitrogen and oxygen atoms in total. The van der Waals surface area contributed by atoms with Gasteiger partial charge in [-0.2, -0.15) is 0 Å². The normalized spacial score (nSPS) is 11.7. The molecule has 7 heteroatoms. The van der Waals surface area contributed by atoms with Gasteiger partial charge in [0.25, 0.3) is 10.0 Å². The van der Waals surface area contributed by atoms with Crippen molar-refractivity contribution >= 4 is 21.4 Å². The van der Waals surface area contributed by atoms with Crippen LogP contribution in [0.4, 0.5) is 0 Å². The molecule has 0 aliphatic rings. The summed E-state index contributed by atoms with van der Waals surface area (Å²) >= 11 is 0.714. The number of aryl methyl sites for hydroxylation is 2. The minimum absolute atomic E-state index is 0.0715. The van der Waals surface area contributed by atoms with Crippen molar-refractivity contribution in [2.24, 2.45) is 0 Å². The van der Waals surface area contributed by atoms with Crippen LogP contribution in [0.15, 0.2) is 39.3 Å². The molecule has 0 amide bonds. The number of thiazole rings is 1. The number of benzene rings is 1. The van der Waals surface area contributed by atoms with E-state index < -0.39 is 10.0 Å². The summed E-state index contributed by atoms with van der Waals surface area (Å²) in [6.45, 7) is 1.93. The molecule has 1 aromatic heterocycles. The Bertz CT molecular complexity index is 718. The molecule has 0 spiro atoms. The second kappa shape index (κ2) is 6.34. The van der Waals surface area contributed by atoms with Gasteiger partial charge in [0.05, 0.1) is 0 Å². The van der Waals surface area contributed by atoms with Gasteiger partial charge in [-0.3, -0.25) is 4.79 Å². The van der Waals surface area contributed by atoms with Crippen LogP contribution < -0.4 is 9.60 Å². The predicted octanol–water partition coefficient (Wildman–Crippen LogP) is 1.66. The van der Waals surface area contributed by atoms with Crippen molar-refractivity contribution in [3.05, 3.63) is 51.3 Å². The lowest BCUT2D eigenvalue weighted by Gasteiger charge is -2.05. The zero-order valence-electron chi connectivity index (χ0n) is 11.0. The van der Waals surface area contributed by atoms with E-state index in [0.29, 0.717) is 30.0 Å². The summed E-state index contributed by atoms with van der Waals surface area (Å²) in [6, 6.07) is 9.89. The number of aromatic amines is 1. The van der Waals surface area contributed by atoms with Gasteiger partial charge in [0.2, 0.25) is 0 Å². The Kier molecular flexibility index (Phi) is 4.74. The van der Waals surface area contributed by atoms with Gasteiger partial charge in [0.1, 0.15) is 0 Å². The van der Waals surface area contributed by atoms with Crippen LogP contribution in [0.2, 0.25) is 0 Å². The van der Waals surface area contributed by atoms with Gasteiger partial charge in [-0.05, 0) is 25.3 Å². The summed E-state index contributed by atoms with van der Waals surface area (Å²) < 4.78 is 26.6. The van der Waals surface area contributed by atoms with Crippen LogP contribution in [0.3, 0.4) is 0 Å². The zero-order chi connectivity index (χ0) is 14.6. The Hall–Kier alpha value is -1.44. The van der Waals surface area contributed by atoms with Gasteiger partial charge in [-0.1, -0.05) is 41.7 Å². The first-order valence-corrected chi connectivity index (χ1v) is 8.52. The number of sulfonamides is 1. The van der Waals surface area contributed by atoms with E-state index in [0.717, 1.165) is 6.42 Å². The molecule has 2 rings (SSSR count). The van der Waals surface area contributed by atoms with E-state index in [9.17, 15) is 13.2 Å². The zero-order valence-corrected chi connectivity index (χ0v) is 12.7. The van der Waals surface area contributed by atoms with Crippen LogP contribution in [-0.4, -0.2) is 19.9 Å². The monoisotopic (exact) mass is 312 g/mol. The molecule has 0 saturated carbocycles. The maximum atomic E-state index is 12.0. The Morgan fingerprint density at radius 3 is 2.55 bits per heavy atom. The standard InChI is InChI=1S/C13H16N2O3S2/c1-10-12(19-13(16)15-10)20(17,18)14-9-5-8-11-6-3-2-4-7-11/h2-4,6-7,14H,5,8-9H2,1H3,(H,15,16). The Morgan fingerprint density at radius 1 is 1.25 bits per heavy atom. The lowest BCUT2D eigenvalue weighted by molar-refractivity contribution is 0.580. The third-order valence-electron chi connectivity index (χ3n) is 2.80. The average Bonchev–Trinajstić information content (AvgIpc) is 2.76. The van der Waals surface area contributed by atoms with E-state index in [1.807, 2.05) is 30.3 Å². The highest BCUT2D eigenvalue weighted by atomic mass is 32.2. The molecule has 2 N–H and O–H groups in total. The van der Waals surface area contributed by atoms with E-state index >= 15 is 0 Å². The molecular formula is C13H16N2O3S2. The second-order valence-electron chi connectivity index (χ2n) is 4.41. The van der Waals surface area contributed by atoms with Gasteiger partial charge < -0.3 is 4.98 Å². The Morgan fingerprint density at radius 2 is 1.95 bits per heavy atom. The van der Waals surface area contributed by atoms with E-state index in [4.69, 9.17) is 0 Å². The van der Waals surface area contributed by atoms with E-state index in [2.05, 4.69) is 9.71 Å². The fourth-order valence-corrected chi connectivity index (χ4v) is 4.27. The van der Waals surface area contributed by atoms with Crippen molar-refractivity contribution in [2.75, 3.05) is 6.54 Å². The summed E-state index contributed by atoms with van der Waals surface area (Å²) in [5.41, 5.74) is 1.56. The number of H-pyrrole nitrogens is 1. The van der Waals surface area contributed by atoms with Gasteiger partial charge in [-0.15, -0.1) is 0 Å². The molecule has 20 heavy (non-hydrogen) atoms. The highest BCUT2D eigenvalue weighted by Gasteiger charge is 2.19. The van der Waals surface area contributed by atoms with Crippen LogP contribution in [0.25, 0.3) is 0 Å². The summed E-state index contributed by atoms with van der Waals surface area (Å²) in [4.78, 5) is 13.3. The molecule has 0 fully saturated rings. The van der Waals surface area contributed by atoms with Crippen LogP contribution in [0.5, 0.6) is 0 Å². The lowest BCUT2D eigenvalue weighted by atomic mass is 10.1. The molecule has 0 radical (unpaired) electrons. The smallest absolute Gasteiger partial charge is 0.305 e. The van der Waals surface area contributed by atoms with Crippen molar-refractivity contribution in [3.63, 3.8) is 0 Å². The maximum Gasteiger partial charge on any atom is 0.305 e. The molecule has 0 saturated heterocycles. The fourth-order valence-electron chi connectivity index (χ4n) is 1.86. The van der Waals surface area contributed by atoms with Gasteiger partial charge >= 0.3 is 4.87 Å². The quantitative estimate of drug-likeness (QED) is 0.796. The van der Waals surface area contributed by atoms with Gasteiger partial charge in [0.15, 0.2) is 4.21 Å². The number of hydrogen-bond acceptors (Lipinski definition) is 4. The largest absolute Gasteiger partial charge is 0.315 e. The molecule has 108 valence electrons. The first-order valence-electron chi connectivity index (χ1n) is 6.22. The summed E-state index contributed by atoms with van der Waals surface area (Å²) in [5, 5.41) is 0. The van der Waals surface area contributed by atoms with Crippen LogP contribution in [0, 0.1) is 6.92 Å². The number of nitrogens with one attached hydrogen (secondary N) is 2. The summed E-state index contributed by atoms with van der Waals surface area (Å²) in [6.07, 6.45) is 1.52. The number of rotatable bonds is 6. The second-order valence-corrected chi connectivity index (χ2v) is 7.36. The van der Waals surface area contributed by atoms with Crippen LogP contribution >= 0.6 is 11.3 Å². The summed E-state index contributed by atoms with van der Waals surface area (Å²) in [7, 11) is -3.59. The average molecular weight is 312 g/mol. The van der Waals surface area contributed by atoms with Gasteiger partial charge in [-0.25, -0.2) is 13.1 Å². The third kappa shape index (κ3) is 3.78. The molecule has 1 heterocycles. The molecule has 2 aromatic rings. The first kappa shape index (κ1) is 15.0. The molecule has 0 aliphatic heterocycles. The van der Waals surface area contributed by atoms with Crippen molar-refractivity contribution in [1.29, 1.82) is 0 Å². The molecule has 0 aliphatic carbocycles. The molecule has 0 atom stereocenters. The predicted molar refractivity (Wildman–Crippen MR) is 79.6 cm³/mol. The highest BCUT2D eigenvalue weighted by molar-refractivity contribution is 7.91. The van der Waals surface area contributed by atoms with Gasteiger partial charge in [0, 0.05) is 12.2 Å². The fraction of sp³-hybridized carbons (Fsp3) is 0.308. The van der Waals surface area contributed by atoms with Crippen molar-refractivity contribution in [3.8, 4) is 0 Å². The molecule has 0 bridgehead atoms. The maximum absolute atomic E-state index is 12.0. The van der Waals surface area contributed by atoms with Crippen molar-refractivity contribution in [2.45, 2.75) is 24.0 Å². The van der Waals surface area contributed by atoms with Crippen LogP contribution in [-0.2, 0) is 16.4 Å². The third-order valence-corrected chi connectivity index (χ3v) is 5.87. The summed E-state index contributed by atoms with van der Waals surface area (Å²) in [5.74, 6) is 0. The highest BCUT2D eigenvalue weighted by Crippen LogP contribution is 2.15. The first-order chi connectivity index (χ1) is 9.49. The SMILES string of the molecule is Cc1[nH]c(=O)sc1S(=O)(=O)NCCCc1ccccc1. The van der Waals surface area contributed by atoms with Crippen molar-refractivity contribution < 1.29 is 8.42 Å².